The van der Waals surface area contributed by atoms with Crippen LogP contribution in [0.15, 0.2) is 42.5 Å². The molecule has 0 spiro atoms. The summed E-state index contributed by atoms with van der Waals surface area (Å²) in [7, 11) is 1.62. The third-order valence-corrected chi connectivity index (χ3v) is 4.02. The van der Waals surface area contributed by atoms with Crippen LogP contribution in [0.2, 0.25) is 5.02 Å². The van der Waals surface area contributed by atoms with Crippen LogP contribution in [0.1, 0.15) is 34.5 Å². The fraction of sp³-hybridized carbons (Fsp3) is 0.278. The second-order valence-corrected chi connectivity index (χ2v) is 5.98. The Kier molecular flexibility index (Phi) is 7.55. The van der Waals surface area contributed by atoms with Gasteiger partial charge in [0.05, 0.1) is 6.04 Å². The standard InChI is InChI=1S/C18H21ClN2O2.ClH/c1-11-4-9-15(20)10-16(11)18(22)21-12(2)17(23-3)13-5-7-14(19)8-6-13;/h4-10,12,17H,20H2,1-3H3,(H,21,22);1H. The maximum absolute atomic E-state index is 12.5. The highest BCUT2D eigenvalue weighted by atomic mass is 35.5. The molecule has 0 aliphatic carbocycles. The number of nitrogens with two attached hydrogens (primary N) is 1. The highest BCUT2D eigenvalue weighted by molar-refractivity contribution is 6.30. The monoisotopic (exact) mass is 368 g/mol. The van der Waals surface area contributed by atoms with Crippen molar-refractivity contribution in [2.45, 2.75) is 26.0 Å². The Labute approximate surface area is 153 Å². The van der Waals surface area contributed by atoms with Crippen molar-refractivity contribution in [2.75, 3.05) is 12.8 Å². The third-order valence-electron chi connectivity index (χ3n) is 3.77. The van der Waals surface area contributed by atoms with Crippen LogP contribution in [0.25, 0.3) is 0 Å². The van der Waals surface area contributed by atoms with Crippen molar-refractivity contribution in [1.82, 2.24) is 5.32 Å². The Hall–Kier alpha value is -1.75. The Morgan fingerprint density at radius 3 is 2.42 bits per heavy atom. The number of aryl methyl sites for hydroxylation is 1. The van der Waals surface area contributed by atoms with E-state index in [1.54, 1.807) is 31.4 Å². The number of carbonyl (C=O) groups excluding carboxylic acids is 1. The van der Waals surface area contributed by atoms with E-state index < -0.39 is 0 Å². The van der Waals surface area contributed by atoms with Crippen LogP contribution in [0.3, 0.4) is 0 Å². The molecular weight excluding hydrogens is 347 g/mol. The largest absolute Gasteiger partial charge is 0.399 e. The number of nitrogens with one attached hydrogen (secondary N) is 1. The molecule has 0 fully saturated rings. The van der Waals surface area contributed by atoms with Crippen LogP contribution < -0.4 is 11.1 Å². The van der Waals surface area contributed by atoms with E-state index >= 15 is 0 Å². The van der Waals surface area contributed by atoms with Crippen molar-refractivity contribution < 1.29 is 9.53 Å². The molecule has 0 aromatic heterocycles. The van der Waals surface area contributed by atoms with Crippen LogP contribution >= 0.6 is 24.0 Å². The summed E-state index contributed by atoms with van der Waals surface area (Å²) in [6.07, 6.45) is -0.266. The predicted octanol–water partition coefficient (Wildman–Crippen LogP) is 4.16. The summed E-state index contributed by atoms with van der Waals surface area (Å²) in [5.41, 5.74) is 8.74. The van der Waals surface area contributed by atoms with Gasteiger partial charge in [-0.05, 0) is 49.2 Å². The van der Waals surface area contributed by atoms with Gasteiger partial charge in [-0.2, -0.15) is 0 Å². The summed E-state index contributed by atoms with van der Waals surface area (Å²) in [5, 5.41) is 3.64. The van der Waals surface area contributed by atoms with Gasteiger partial charge in [0.1, 0.15) is 6.10 Å². The van der Waals surface area contributed by atoms with E-state index in [0.717, 1.165) is 11.1 Å². The number of nitrogen functional groups attached to an aromatic ring is 1. The molecule has 2 unspecified atom stereocenters. The van der Waals surface area contributed by atoms with Gasteiger partial charge in [-0.15, -0.1) is 12.4 Å². The average Bonchev–Trinajstić information content (AvgIpc) is 2.52. The van der Waals surface area contributed by atoms with Crippen LogP contribution in [-0.2, 0) is 4.74 Å². The lowest BCUT2D eigenvalue weighted by molar-refractivity contribution is 0.0644. The van der Waals surface area contributed by atoms with Crippen molar-refractivity contribution in [3.8, 4) is 0 Å². The highest BCUT2D eigenvalue weighted by Crippen LogP contribution is 2.23. The number of hydrogen-bond acceptors (Lipinski definition) is 3. The lowest BCUT2D eigenvalue weighted by Gasteiger charge is -2.24. The van der Waals surface area contributed by atoms with Crippen molar-refractivity contribution in [3.63, 3.8) is 0 Å². The van der Waals surface area contributed by atoms with E-state index in [9.17, 15) is 4.79 Å². The number of benzene rings is 2. The molecule has 0 saturated carbocycles. The molecule has 0 radical (unpaired) electrons. The van der Waals surface area contributed by atoms with Gasteiger partial charge in [-0.25, -0.2) is 0 Å². The molecule has 0 saturated heterocycles. The molecule has 0 aliphatic rings. The molecule has 4 nitrogen and oxygen atoms in total. The molecule has 2 aromatic rings. The van der Waals surface area contributed by atoms with Crippen molar-refractivity contribution in [1.29, 1.82) is 0 Å². The Morgan fingerprint density at radius 1 is 1.21 bits per heavy atom. The van der Waals surface area contributed by atoms with Gasteiger partial charge in [0, 0.05) is 23.4 Å². The molecule has 0 heterocycles. The maximum atomic E-state index is 12.5. The van der Waals surface area contributed by atoms with Crippen LogP contribution in [0.4, 0.5) is 5.69 Å². The molecule has 2 rings (SSSR count). The fourth-order valence-corrected chi connectivity index (χ4v) is 2.65. The summed E-state index contributed by atoms with van der Waals surface area (Å²) in [5.74, 6) is -0.168. The van der Waals surface area contributed by atoms with E-state index in [1.807, 2.05) is 32.0 Å². The van der Waals surface area contributed by atoms with E-state index in [4.69, 9.17) is 22.1 Å². The number of methoxy groups -OCH3 is 1. The van der Waals surface area contributed by atoms with Crippen LogP contribution in [-0.4, -0.2) is 19.1 Å². The van der Waals surface area contributed by atoms with Gasteiger partial charge >= 0.3 is 0 Å². The second-order valence-electron chi connectivity index (χ2n) is 5.54. The van der Waals surface area contributed by atoms with E-state index in [-0.39, 0.29) is 30.5 Å². The maximum Gasteiger partial charge on any atom is 0.251 e. The van der Waals surface area contributed by atoms with Gasteiger partial charge in [0.25, 0.3) is 5.91 Å². The first-order valence-corrected chi connectivity index (χ1v) is 7.75. The van der Waals surface area contributed by atoms with Gasteiger partial charge in [-0.3, -0.25) is 4.79 Å². The van der Waals surface area contributed by atoms with Crippen molar-refractivity contribution >= 4 is 35.6 Å². The number of hydrogen-bond donors (Lipinski definition) is 2. The summed E-state index contributed by atoms with van der Waals surface area (Å²) >= 11 is 5.91. The van der Waals surface area contributed by atoms with Crippen LogP contribution in [0, 0.1) is 6.92 Å². The number of rotatable bonds is 5. The molecule has 24 heavy (non-hydrogen) atoms. The first kappa shape index (κ1) is 20.3. The van der Waals surface area contributed by atoms with E-state index in [1.165, 1.54) is 0 Å². The van der Waals surface area contributed by atoms with Gasteiger partial charge in [0.2, 0.25) is 0 Å². The van der Waals surface area contributed by atoms with Crippen LogP contribution in [0.5, 0.6) is 0 Å². The predicted molar refractivity (Wildman–Crippen MR) is 101 cm³/mol. The lowest BCUT2D eigenvalue weighted by atomic mass is 10.0. The second kappa shape index (κ2) is 8.92. The third kappa shape index (κ3) is 4.87. The molecule has 130 valence electrons. The first-order chi connectivity index (χ1) is 10.9. The number of ether oxygens (including phenoxy) is 1. The molecule has 0 aliphatic heterocycles. The molecule has 3 N–H and O–H groups in total. The van der Waals surface area contributed by atoms with E-state index in [2.05, 4.69) is 5.32 Å². The topological polar surface area (TPSA) is 64.3 Å². The molecular formula is C18H22Cl2N2O2. The molecule has 2 atom stereocenters. The van der Waals surface area contributed by atoms with Crippen molar-refractivity contribution in [3.05, 3.63) is 64.2 Å². The number of anilines is 1. The van der Waals surface area contributed by atoms with Gasteiger partial charge in [0.15, 0.2) is 0 Å². The highest BCUT2D eigenvalue weighted by Gasteiger charge is 2.22. The van der Waals surface area contributed by atoms with E-state index in [0.29, 0.717) is 16.3 Å². The normalized spacial score (nSPS) is 12.8. The zero-order valence-electron chi connectivity index (χ0n) is 13.9. The minimum atomic E-state index is -0.266. The average molecular weight is 369 g/mol. The SMILES string of the molecule is COC(c1ccc(Cl)cc1)C(C)NC(=O)c1cc(N)ccc1C.Cl. The lowest BCUT2D eigenvalue weighted by Crippen LogP contribution is -2.38. The summed E-state index contributed by atoms with van der Waals surface area (Å²) in [6.45, 7) is 3.79. The summed E-state index contributed by atoms with van der Waals surface area (Å²) in [6, 6.07) is 12.5. The molecule has 1 amide bonds. The summed E-state index contributed by atoms with van der Waals surface area (Å²) < 4.78 is 5.55. The van der Waals surface area contributed by atoms with Gasteiger partial charge in [-0.1, -0.05) is 29.8 Å². The quantitative estimate of drug-likeness (QED) is 0.778. The Bertz CT molecular complexity index is 690. The first-order valence-electron chi connectivity index (χ1n) is 7.37. The Morgan fingerprint density at radius 2 is 1.83 bits per heavy atom. The zero-order valence-corrected chi connectivity index (χ0v) is 15.4. The smallest absolute Gasteiger partial charge is 0.251 e. The molecule has 2 aromatic carbocycles. The number of carbonyl (C=O) groups is 1. The molecule has 6 heteroatoms. The fourth-order valence-electron chi connectivity index (χ4n) is 2.53. The minimum Gasteiger partial charge on any atom is -0.399 e. The summed E-state index contributed by atoms with van der Waals surface area (Å²) in [4.78, 5) is 12.5. The number of amides is 1. The minimum absolute atomic E-state index is 0. The number of halogens is 2. The van der Waals surface area contributed by atoms with Gasteiger partial charge < -0.3 is 15.8 Å². The molecule has 0 bridgehead atoms. The Balaban J connectivity index is 0.00000288. The zero-order chi connectivity index (χ0) is 17.0. The van der Waals surface area contributed by atoms with Crippen molar-refractivity contribution in [2.24, 2.45) is 0 Å².